The Labute approximate surface area is 129 Å². The standard InChI is InChI=1S/C15H17Cl2N3/c1-15(2,3)19-9-13-4-5-18-14(20-13)10-6-11(16)8-12(17)7-10/h4-8,19H,9H2,1-3H3. The van der Waals surface area contributed by atoms with E-state index in [2.05, 4.69) is 36.1 Å². The van der Waals surface area contributed by atoms with Crippen LogP contribution in [0.2, 0.25) is 10.0 Å². The fourth-order valence-electron chi connectivity index (χ4n) is 1.67. The number of hydrogen-bond donors (Lipinski definition) is 1. The van der Waals surface area contributed by atoms with Crippen molar-refractivity contribution in [3.8, 4) is 11.4 Å². The molecular weight excluding hydrogens is 293 g/mol. The number of nitrogens with one attached hydrogen (secondary N) is 1. The van der Waals surface area contributed by atoms with Gasteiger partial charge in [-0.15, -0.1) is 0 Å². The first-order chi connectivity index (χ1) is 9.33. The second kappa shape index (κ2) is 6.08. The van der Waals surface area contributed by atoms with Crippen LogP contribution in [0.25, 0.3) is 11.4 Å². The maximum absolute atomic E-state index is 6.01. The molecule has 0 fully saturated rings. The van der Waals surface area contributed by atoms with Crippen molar-refractivity contribution in [1.82, 2.24) is 15.3 Å². The molecule has 5 heteroatoms. The van der Waals surface area contributed by atoms with E-state index in [9.17, 15) is 0 Å². The first-order valence-electron chi connectivity index (χ1n) is 6.37. The summed E-state index contributed by atoms with van der Waals surface area (Å²) in [7, 11) is 0. The maximum Gasteiger partial charge on any atom is 0.159 e. The minimum absolute atomic E-state index is 0.0461. The van der Waals surface area contributed by atoms with Crippen LogP contribution in [0.5, 0.6) is 0 Å². The molecule has 1 aromatic carbocycles. The summed E-state index contributed by atoms with van der Waals surface area (Å²) < 4.78 is 0. The van der Waals surface area contributed by atoms with Crippen LogP contribution in [0.15, 0.2) is 30.5 Å². The van der Waals surface area contributed by atoms with Crippen LogP contribution >= 0.6 is 23.2 Å². The predicted octanol–water partition coefficient (Wildman–Crippen LogP) is 4.34. The Hall–Kier alpha value is -1.16. The molecule has 2 aromatic rings. The summed E-state index contributed by atoms with van der Waals surface area (Å²) in [5.74, 6) is 0.627. The lowest BCUT2D eigenvalue weighted by atomic mass is 10.1. The van der Waals surface area contributed by atoms with Crippen molar-refractivity contribution in [2.45, 2.75) is 32.9 Å². The van der Waals surface area contributed by atoms with Gasteiger partial charge in [-0.25, -0.2) is 9.97 Å². The minimum atomic E-state index is 0.0461. The first-order valence-corrected chi connectivity index (χ1v) is 7.12. The fourth-order valence-corrected chi connectivity index (χ4v) is 2.20. The molecule has 0 saturated carbocycles. The highest BCUT2D eigenvalue weighted by atomic mass is 35.5. The summed E-state index contributed by atoms with van der Waals surface area (Å²) in [4.78, 5) is 8.82. The zero-order valence-electron chi connectivity index (χ0n) is 11.7. The molecule has 2 rings (SSSR count). The molecule has 0 saturated heterocycles. The van der Waals surface area contributed by atoms with Gasteiger partial charge in [-0.2, -0.15) is 0 Å². The third-order valence-electron chi connectivity index (χ3n) is 2.63. The lowest BCUT2D eigenvalue weighted by Crippen LogP contribution is -2.35. The number of aromatic nitrogens is 2. The average molecular weight is 310 g/mol. The molecule has 0 radical (unpaired) electrons. The Balaban J connectivity index is 2.25. The van der Waals surface area contributed by atoms with Gasteiger partial charge < -0.3 is 5.32 Å². The topological polar surface area (TPSA) is 37.8 Å². The van der Waals surface area contributed by atoms with Crippen LogP contribution in [0.4, 0.5) is 0 Å². The van der Waals surface area contributed by atoms with E-state index in [-0.39, 0.29) is 5.54 Å². The van der Waals surface area contributed by atoms with Crippen LogP contribution in [-0.4, -0.2) is 15.5 Å². The quantitative estimate of drug-likeness (QED) is 0.916. The predicted molar refractivity (Wildman–Crippen MR) is 84.1 cm³/mol. The van der Waals surface area contributed by atoms with Gasteiger partial charge in [0.2, 0.25) is 0 Å². The second-order valence-electron chi connectivity index (χ2n) is 5.63. The third kappa shape index (κ3) is 4.44. The van der Waals surface area contributed by atoms with Gasteiger partial charge in [0.05, 0.1) is 5.69 Å². The van der Waals surface area contributed by atoms with E-state index < -0.39 is 0 Å². The molecule has 0 unspecified atom stereocenters. The molecule has 0 aliphatic carbocycles. The summed E-state index contributed by atoms with van der Waals surface area (Å²) in [5, 5.41) is 4.55. The number of rotatable bonds is 3. The highest BCUT2D eigenvalue weighted by Crippen LogP contribution is 2.24. The van der Waals surface area contributed by atoms with Crippen LogP contribution in [0.3, 0.4) is 0 Å². The molecule has 0 bridgehead atoms. The number of nitrogens with zero attached hydrogens (tertiary/aromatic N) is 2. The van der Waals surface area contributed by atoms with Gasteiger partial charge in [-0.05, 0) is 45.0 Å². The van der Waals surface area contributed by atoms with Crippen molar-refractivity contribution in [2.24, 2.45) is 0 Å². The van der Waals surface area contributed by atoms with E-state index in [4.69, 9.17) is 23.2 Å². The van der Waals surface area contributed by atoms with Crippen LogP contribution in [0.1, 0.15) is 26.5 Å². The summed E-state index contributed by atoms with van der Waals surface area (Å²) in [6.45, 7) is 7.04. The van der Waals surface area contributed by atoms with Crippen molar-refractivity contribution in [1.29, 1.82) is 0 Å². The fraction of sp³-hybridized carbons (Fsp3) is 0.333. The molecule has 1 aromatic heterocycles. The molecule has 3 nitrogen and oxygen atoms in total. The molecule has 0 spiro atoms. The minimum Gasteiger partial charge on any atom is -0.306 e. The summed E-state index contributed by atoms with van der Waals surface area (Å²) in [5.41, 5.74) is 1.80. The second-order valence-corrected chi connectivity index (χ2v) is 6.51. The molecule has 1 heterocycles. The van der Waals surface area contributed by atoms with E-state index in [0.29, 0.717) is 22.4 Å². The molecule has 20 heavy (non-hydrogen) atoms. The van der Waals surface area contributed by atoms with E-state index >= 15 is 0 Å². The van der Waals surface area contributed by atoms with Gasteiger partial charge in [0.15, 0.2) is 5.82 Å². The molecule has 1 N–H and O–H groups in total. The van der Waals surface area contributed by atoms with Gasteiger partial charge in [-0.3, -0.25) is 0 Å². The van der Waals surface area contributed by atoms with Gasteiger partial charge in [0.25, 0.3) is 0 Å². The van der Waals surface area contributed by atoms with Gasteiger partial charge >= 0.3 is 0 Å². The third-order valence-corrected chi connectivity index (χ3v) is 3.07. The largest absolute Gasteiger partial charge is 0.306 e. The smallest absolute Gasteiger partial charge is 0.159 e. The Morgan fingerprint density at radius 3 is 2.35 bits per heavy atom. The monoisotopic (exact) mass is 309 g/mol. The van der Waals surface area contributed by atoms with Gasteiger partial charge in [-0.1, -0.05) is 23.2 Å². The highest BCUT2D eigenvalue weighted by Gasteiger charge is 2.10. The summed E-state index contributed by atoms with van der Waals surface area (Å²) in [6.07, 6.45) is 1.75. The van der Waals surface area contributed by atoms with Crippen molar-refractivity contribution in [3.63, 3.8) is 0 Å². The number of benzene rings is 1. The molecule has 0 amide bonds. The van der Waals surface area contributed by atoms with Crippen molar-refractivity contribution >= 4 is 23.2 Å². The summed E-state index contributed by atoms with van der Waals surface area (Å²) in [6, 6.07) is 7.21. The molecule has 0 aliphatic rings. The van der Waals surface area contributed by atoms with Crippen LogP contribution in [-0.2, 0) is 6.54 Å². The zero-order chi connectivity index (χ0) is 14.8. The van der Waals surface area contributed by atoms with E-state index in [1.165, 1.54) is 0 Å². The Bertz CT molecular complexity index is 586. The average Bonchev–Trinajstić information content (AvgIpc) is 2.35. The Kier molecular flexibility index (Phi) is 4.63. The Morgan fingerprint density at radius 1 is 1.10 bits per heavy atom. The molecule has 0 aliphatic heterocycles. The van der Waals surface area contributed by atoms with Gasteiger partial charge in [0.1, 0.15) is 0 Å². The maximum atomic E-state index is 6.01. The van der Waals surface area contributed by atoms with Crippen molar-refractivity contribution in [2.75, 3.05) is 0 Å². The molecule has 0 atom stereocenters. The molecule has 106 valence electrons. The lowest BCUT2D eigenvalue weighted by Gasteiger charge is -2.20. The van der Waals surface area contributed by atoms with E-state index in [1.54, 1.807) is 12.3 Å². The van der Waals surface area contributed by atoms with Crippen LogP contribution in [0, 0.1) is 0 Å². The lowest BCUT2D eigenvalue weighted by molar-refractivity contribution is 0.421. The Morgan fingerprint density at radius 2 is 1.75 bits per heavy atom. The number of halogens is 2. The van der Waals surface area contributed by atoms with Gasteiger partial charge in [0, 0.05) is 33.9 Å². The molecular formula is C15H17Cl2N3. The summed E-state index contributed by atoms with van der Waals surface area (Å²) >= 11 is 12.0. The van der Waals surface area contributed by atoms with E-state index in [0.717, 1.165) is 11.3 Å². The highest BCUT2D eigenvalue weighted by molar-refractivity contribution is 6.35. The van der Waals surface area contributed by atoms with E-state index in [1.807, 2.05) is 18.2 Å². The van der Waals surface area contributed by atoms with Crippen molar-refractivity contribution < 1.29 is 0 Å². The number of hydrogen-bond acceptors (Lipinski definition) is 3. The first kappa shape index (κ1) is 15.2. The normalized spacial score (nSPS) is 11.7. The zero-order valence-corrected chi connectivity index (χ0v) is 13.3. The SMILES string of the molecule is CC(C)(C)NCc1ccnc(-c2cc(Cl)cc(Cl)c2)n1. The van der Waals surface area contributed by atoms with Crippen LogP contribution < -0.4 is 5.32 Å². The van der Waals surface area contributed by atoms with Crippen molar-refractivity contribution in [3.05, 3.63) is 46.2 Å².